The number of fused-ring (bicyclic) bond motifs is 7. The first-order valence-corrected chi connectivity index (χ1v) is 22.5. The number of nitrogens with zero attached hydrogens (tertiary/aromatic N) is 4. The number of hydrogen-bond donors (Lipinski definition) is 4. The lowest BCUT2D eigenvalue weighted by Gasteiger charge is -2.37. The highest BCUT2D eigenvalue weighted by atomic mass is 16.5. The quantitative estimate of drug-likeness (QED) is 0.157. The van der Waals surface area contributed by atoms with Crippen LogP contribution in [0.2, 0.25) is 0 Å². The first-order chi connectivity index (χ1) is 30.0. The van der Waals surface area contributed by atoms with Gasteiger partial charge in [0.05, 0.1) is 29.5 Å². The van der Waals surface area contributed by atoms with Crippen molar-refractivity contribution < 1.29 is 33.8 Å². The normalized spacial score (nSPS) is 24.3. The van der Waals surface area contributed by atoms with E-state index in [0.29, 0.717) is 44.5 Å². The largest absolute Gasteiger partial charge is 0.508 e. The lowest BCUT2D eigenvalue weighted by molar-refractivity contribution is -0.155. The van der Waals surface area contributed by atoms with Gasteiger partial charge in [-0.05, 0) is 117 Å². The standard InChI is InChI=1S/C49H63N7O7/c1-9-55-40-15-14-31-22-36(40)37(43(55)35-12-10-16-51-41(35)29(4)62-8)24-48(5,6)27-63-46(60)38-13-11-17-56(53-38)45(59)39(20-30-18-32(31)21-34(57)19-30)52-44(58)42(28(2)3)54(7)47(61)49-23-33(49)25-50-26-49/h10,12,14-16,18-19,21-22,28-29,33,38-39,42,50,53,57H,9,11,13,17,20,23-27H2,1-8H3,(H,52,58)/t29-,33?,38-,39-,42?,49?/m0/s1. The highest BCUT2D eigenvalue weighted by Crippen LogP contribution is 2.56. The topological polar surface area (TPSA) is 167 Å². The van der Waals surface area contributed by atoms with Crippen LogP contribution in [-0.2, 0) is 48.0 Å². The molecule has 5 heterocycles. The molecule has 4 N–H and O–H groups in total. The van der Waals surface area contributed by atoms with Crippen LogP contribution in [0.15, 0.2) is 54.7 Å². The van der Waals surface area contributed by atoms with Crippen molar-refractivity contribution in [3.8, 4) is 28.1 Å². The van der Waals surface area contributed by atoms with Crippen LogP contribution < -0.4 is 16.1 Å². The Kier molecular flexibility index (Phi) is 12.2. The van der Waals surface area contributed by atoms with E-state index in [1.165, 1.54) is 5.01 Å². The zero-order chi connectivity index (χ0) is 45.0. The number of rotatable bonds is 9. The van der Waals surface area contributed by atoms with Crippen molar-refractivity contribution >= 4 is 34.6 Å². The Morgan fingerprint density at radius 1 is 1.11 bits per heavy atom. The number of hydrazine groups is 1. The molecule has 2 aromatic carbocycles. The smallest absolute Gasteiger partial charge is 0.324 e. The Labute approximate surface area is 370 Å². The molecule has 6 atom stereocenters. The van der Waals surface area contributed by atoms with Crippen LogP contribution in [0.3, 0.4) is 0 Å². The summed E-state index contributed by atoms with van der Waals surface area (Å²) in [6.07, 6.45) is 3.92. The molecule has 14 heteroatoms. The number of phenols is 1. The summed E-state index contributed by atoms with van der Waals surface area (Å²) in [4.78, 5) is 63.3. The van der Waals surface area contributed by atoms with Crippen molar-refractivity contribution in [2.24, 2.45) is 22.7 Å². The number of cyclic esters (lactones) is 1. The monoisotopic (exact) mass is 861 g/mol. The summed E-state index contributed by atoms with van der Waals surface area (Å²) < 4.78 is 14.2. The highest BCUT2D eigenvalue weighted by molar-refractivity contribution is 5.96. The number of methoxy groups -OCH3 is 1. The molecule has 3 fully saturated rings. The average Bonchev–Trinajstić information content (AvgIpc) is 3.68. The molecule has 63 heavy (non-hydrogen) atoms. The Hall–Kier alpha value is -5.31. The van der Waals surface area contributed by atoms with E-state index in [0.717, 1.165) is 57.5 Å². The van der Waals surface area contributed by atoms with E-state index in [-0.39, 0.29) is 42.6 Å². The molecule has 3 unspecified atom stereocenters. The molecule has 3 amide bonds. The number of amides is 3. The van der Waals surface area contributed by atoms with E-state index >= 15 is 0 Å². The van der Waals surface area contributed by atoms with E-state index in [1.54, 1.807) is 37.4 Å². The van der Waals surface area contributed by atoms with Gasteiger partial charge in [0.25, 0.3) is 5.91 Å². The van der Waals surface area contributed by atoms with E-state index in [2.05, 4.69) is 59.6 Å². The fraction of sp³-hybridized carbons (Fsp3) is 0.531. The van der Waals surface area contributed by atoms with Gasteiger partial charge >= 0.3 is 5.97 Å². The number of carbonyl (C=O) groups is 4. The van der Waals surface area contributed by atoms with Crippen LogP contribution in [0.4, 0.5) is 0 Å². The van der Waals surface area contributed by atoms with Crippen LogP contribution in [0.1, 0.15) is 83.7 Å². The lowest BCUT2D eigenvalue weighted by atomic mass is 9.84. The number of benzene rings is 2. The van der Waals surface area contributed by atoms with Gasteiger partial charge in [-0.2, -0.15) is 0 Å². The molecule has 336 valence electrons. The summed E-state index contributed by atoms with van der Waals surface area (Å²) in [5.41, 5.74) is 9.27. The van der Waals surface area contributed by atoms with Crippen LogP contribution >= 0.6 is 0 Å². The minimum atomic E-state index is -1.10. The fourth-order valence-electron chi connectivity index (χ4n) is 10.4. The van der Waals surface area contributed by atoms with Gasteiger partial charge in [0, 0.05) is 68.3 Å². The fourth-order valence-corrected chi connectivity index (χ4v) is 10.4. The van der Waals surface area contributed by atoms with Gasteiger partial charge in [0.1, 0.15) is 23.9 Å². The van der Waals surface area contributed by atoms with Crippen LogP contribution in [0, 0.1) is 22.7 Å². The van der Waals surface area contributed by atoms with Gasteiger partial charge in [-0.15, -0.1) is 0 Å². The number of phenolic OH excluding ortho intramolecular Hbond substituents is 1. The number of likely N-dealkylation sites (N-methyl/N-ethyl adjacent to an activating group) is 1. The second-order valence-electron chi connectivity index (χ2n) is 19.3. The number of aromatic nitrogens is 2. The summed E-state index contributed by atoms with van der Waals surface area (Å²) in [6, 6.07) is 12.9. The zero-order valence-corrected chi connectivity index (χ0v) is 37.9. The Morgan fingerprint density at radius 3 is 2.60 bits per heavy atom. The van der Waals surface area contributed by atoms with E-state index < -0.39 is 46.7 Å². The number of hydrogen-bond acceptors (Lipinski definition) is 10. The third-order valence-electron chi connectivity index (χ3n) is 13.8. The molecule has 0 spiro atoms. The van der Waals surface area contributed by atoms with Crippen molar-refractivity contribution in [1.29, 1.82) is 0 Å². The van der Waals surface area contributed by atoms with Gasteiger partial charge in [0.2, 0.25) is 11.8 Å². The summed E-state index contributed by atoms with van der Waals surface area (Å²) in [5.74, 6) is -1.36. The molecule has 2 saturated heterocycles. The zero-order valence-electron chi connectivity index (χ0n) is 37.9. The molecule has 0 radical (unpaired) electrons. The van der Waals surface area contributed by atoms with Crippen molar-refractivity contribution in [3.63, 3.8) is 0 Å². The Bertz CT molecular complexity index is 2430. The second kappa shape index (κ2) is 17.3. The predicted octanol–water partition coefficient (Wildman–Crippen LogP) is 5.54. The summed E-state index contributed by atoms with van der Waals surface area (Å²) >= 11 is 0. The molecule has 4 aliphatic rings. The summed E-state index contributed by atoms with van der Waals surface area (Å²) in [7, 11) is 3.36. The van der Waals surface area contributed by atoms with Crippen molar-refractivity contribution in [1.82, 2.24) is 35.5 Å². The van der Waals surface area contributed by atoms with Crippen molar-refractivity contribution in [3.05, 3.63) is 71.5 Å². The number of ether oxygens (including phenoxy) is 2. The first kappa shape index (κ1) is 44.3. The minimum Gasteiger partial charge on any atom is -0.508 e. The van der Waals surface area contributed by atoms with Gasteiger partial charge < -0.3 is 34.7 Å². The molecule has 1 aliphatic carbocycles. The lowest BCUT2D eigenvalue weighted by Crippen LogP contribution is -2.62. The maximum atomic E-state index is 14.7. The van der Waals surface area contributed by atoms with Crippen molar-refractivity contribution in [2.75, 3.05) is 40.4 Å². The van der Waals surface area contributed by atoms with Crippen LogP contribution in [-0.4, -0.2) is 107 Å². The van der Waals surface area contributed by atoms with Gasteiger partial charge in [-0.3, -0.25) is 29.2 Å². The van der Waals surface area contributed by atoms with E-state index in [4.69, 9.17) is 14.5 Å². The van der Waals surface area contributed by atoms with Gasteiger partial charge in [0.15, 0.2) is 0 Å². The van der Waals surface area contributed by atoms with E-state index in [1.807, 2.05) is 39.0 Å². The molecule has 8 rings (SSSR count). The highest BCUT2D eigenvalue weighted by Gasteiger charge is 2.64. The third-order valence-corrected chi connectivity index (χ3v) is 13.8. The van der Waals surface area contributed by atoms with Crippen molar-refractivity contribution in [2.45, 2.75) is 104 Å². The van der Waals surface area contributed by atoms with Gasteiger partial charge in [-0.25, -0.2) is 5.43 Å². The summed E-state index contributed by atoms with van der Waals surface area (Å²) in [5, 5.41) is 20.1. The number of carbonyl (C=O) groups excluding carboxylic acids is 4. The van der Waals surface area contributed by atoms with E-state index in [9.17, 15) is 24.3 Å². The molecule has 1 saturated carbocycles. The average molecular weight is 862 g/mol. The molecular formula is C49H63N7O7. The molecule has 14 nitrogen and oxygen atoms in total. The summed E-state index contributed by atoms with van der Waals surface area (Å²) in [6.45, 7) is 14.6. The number of aryl methyl sites for hydroxylation is 1. The van der Waals surface area contributed by atoms with Gasteiger partial charge in [-0.1, -0.05) is 39.8 Å². The molecule has 2 aromatic heterocycles. The minimum absolute atomic E-state index is 0.0176. The Balaban J connectivity index is 1.23. The maximum Gasteiger partial charge on any atom is 0.324 e. The number of aromatic hydroxyl groups is 1. The SMILES string of the molecule is CCn1c(-c2cccnc2[C@H](C)OC)c2c3cc(ccc31)-c1cc(O)cc(c1)C[C@H](NC(=O)C(C(C)C)N(C)C(=O)C13CNCC1C3)C(=O)N1CCC[C@H](N1)C(=O)OCC(C)(C)C2. The number of piperidine rings is 1. The molecule has 4 aromatic rings. The Morgan fingerprint density at radius 2 is 1.90 bits per heavy atom. The maximum absolute atomic E-state index is 14.7. The first-order valence-electron chi connectivity index (χ1n) is 22.5. The number of pyridine rings is 1. The van der Waals surface area contributed by atoms with Crippen LogP contribution in [0.5, 0.6) is 5.75 Å². The number of nitrogens with one attached hydrogen (secondary N) is 3. The number of esters is 1. The van der Waals surface area contributed by atoms with Crippen LogP contribution in [0.25, 0.3) is 33.3 Å². The molecule has 3 aliphatic heterocycles. The third kappa shape index (κ3) is 8.45. The second-order valence-corrected chi connectivity index (χ2v) is 19.3. The molecule has 6 bridgehead atoms. The predicted molar refractivity (Wildman–Crippen MR) is 240 cm³/mol. The molecular weight excluding hydrogens is 799 g/mol.